The van der Waals surface area contributed by atoms with Gasteiger partial charge in [0.2, 0.25) is 65.5 Å². The maximum atomic E-state index is 11.8. The first-order chi connectivity index (χ1) is 57.7. The number of carbonyl (C=O) groups is 7. The highest BCUT2D eigenvalue weighted by Gasteiger charge is 2.41. The van der Waals surface area contributed by atoms with E-state index < -0.39 is 119 Å². The lowest BCUT2D eigenvalue weighted by Crippen LogP contribution is -2.48. The Morgan fingerprint density at radius 2 is 0.643 bits per heavy atom. The van der Waals surface area contributed by atoms with Crippen molar-refractivity contribution in [1.29, 1.82) is 0 Å². The number of amides is 7. The minimum Gasteiger partial charge on any atom is -0.275 e. The minimum absolute atomic E-state index is 0.00985. The number of nitrogens with zero attached hydrogens (tertiary/aromatic N) is 1. The predicted octanol–water partition coefficient (Wildman–Crippen LogP) is 12.6. The van der Waals surface area contributed by atoms with Gasteiger partial charge in [0.05, 0.1) is 40.8 Å². The second kappa shape index (κ2) is 39.3. The first-order valence-electron chi connectivity index (χ1n) is 41.1. The van der Waals surface area contributed by atoms with Gasteiger partial charge in [0.1, 0.15) is 39.0 Å². The molecule has 0 aliphatic carbocycles. The molecule has 0 bridgehead atoms. The van der Waals surface area contributed by atoms with Gasteiger partial charge < -0.3 is 0 Å². The van der Waals surface area contributed by atoms with Crippen molar-refractivity contribution in [2.24, 2.45) is 0 Å². The van der Waals surface area contributed by atoms with Crippen LogP contribution in [0.25, 0.3) is 0 Å². The molecule has 7 aliphatic heterocycles. The van der Waals surface area contributed by atoms with Crippen LogP contribution in [0, 0.1) is 0 Å². The summed E-state index contributed by atoms with van der Waals surface area (Å²) < 4.78 is 158. The van der Waals surface area contributed by atoms with E-state index in [0.717, 1.165) is 43.2 Å². The van der Waals surface area contributed by atoms with Gasteiger partial charge in [-0.05, 0) is 122 Å². The molecule has 7 saturated heterocycles. The number of hydrogen-bond acceptors (Lipinski definition) is 19. The Labute approximate surface area is 749 Å². The lowest BCUT2D eigenvalue weighted by atomic mass is 9.85. The Morgan fingerprint density at radius 1 is 0.310 bits per heavy atom. The molecule has 8 atom stereocenters. The van der Waals surface area contributed by atoms with Gasteiger partial charge in [0.15, 0.2) is 0 Å². The van der Waals surface area contributed by atoms with E-state index in [1.807, 2.05) is 139 Å². The van der Waals surface area contributed by atoms with Gasteiger partial charge >= 0.3 is 20.4 Å². The largest absolute Gasteiger partial charge is 0.326 e. The summed E-state index contributed by atoms with van der Waals surface area (Å²) in [6, 6.07) is 53.2. The van der Waals surface area contributed by atoms with E-state index in [9.17, 15) is 84.1 Å². The highest BCUT2D eigenvalue weighted by molar-refractivity contribution is 7.92. The number of rotatable bonds is 7. The summed E-state index contributed by atoms with van der Waals surface area (Å²) in [6.07, 6.45) is 1.01. The Hall–Kier alpha value is -9.36. The van der Waals surface area contributed by atoms with Crippen LogP contribution in [-0.2, 0) is 144 Å². The van der Waals surface area contributed by atoms with Crippen molar-refractivity contribution >= 4 is 119 Å². The summed E-state index contributed by atoms with van der Waals surface area (Å²) in [7, 11) is -20.5. The van der Waals surface area contributed by atoms with Gasteiger partial charge in [-0.1, -0.05) is 303 Å². The second-order valence-corrected chi connectivity index (χ2v) is 50.5. The molecule has 7 aromatic rings. The molecule has 126 heavy (non-hydrogen) atoms. The number of nitrogens with one attached hydrogen (secondary N) is 8. The van der Waals surface area contributed by atoms with Crippen molar-refractivity contribution in [3.63, 3.8) is 0 Å². The third-order valence-electron chi connectivity index (χ3n) is 21.6. The smallest absolute Gasteiger partial charge is 0.275 e. The fraction of sp³-hybridized carbons (Fsp3) is 0.462. The Morgan fingerprint density at radius 3 is 0.984 bits per heavy atom. The monoisotopic (exact) mass is 1870 g/mol. The molecule has 7 aliphatic rings. The fourth-order valence-electron chi connectivity index (χ4n) is 14.0. The van der Waals surface area contributed by atoms with E-state index in [-0.39, 0.29) is 104 Å². The van der Waals surface area contributed by atoms with Crippen LogP contribution in [0.1, 0.15) is 289 Å². The van der Waals surface area contributed by atoms with Crippen LogP contribution in [0.2, 0.25) is 0 Å². The van der Waals surface area contributed by atoms with Crippen LogP contribution in [-0.4, -0.2) is 104 Å². The zero-order chi connectivity index (χ0) is 94.4. The predicted molar refractivity (Wildman–Crippen MR) is 493 cm³/mol. The molecule has 0 aromatic heterocycles. The molecule has 0 radical (unpaired) electrons. The van der Waals surface area contributed by atoms with Crippen LogP contribution in [0.4, 0.5) is 5.69 Å². The maximum absolute atomic E-state index is 11.8. The molecule has 7 aromatic carbocycles. The molecule has 8 N–H and O–H groups in total. The van der Waals surface area contributed by atoms with Crippen LogP contribution >= 0.6 is 0 Å². The molecule has 35 heteroatoms. The van der Waals surface area contributed by atoms with Crippen molar-refractivity contribution in [2.75, 3.05) is 16.6 Å². The van der Waals surface area contributed by atoms with Crippen molar-refractivity contribution in [2.45, 2.75) is 255 Å². The van der Waals surface area contributed by atoms with E-state index in [2.05, 4.69) is 184 Å². The van der Waals surface area contributed by atoms with E-state index in [0.29, 0.717) is 29.7 Å². The van der Waals surface area contributed by atoms with Crippen molar-refractivity contribution in [1.82, 2.24) is 37.8 Å². The van der Waals surface area contributed by atoms with Crippen molar-refractivity contribution < 1.29 is 84.1 Å². The van der Waals surface area contributed by atoms with E-state index in [1.54, 1.807) is 30.3 Å². The maximum Gasteiger partial charge on any atom is 0.326 e. The Kier molecular flexibility index (Phi) is 31.8. The Balaban J connectivity index is 0.000000182. The number of benzene rings is 7. The molecule has 7 fully saturated rings. The lowest BCUT2D eigenvalue weighted by molar-refractivity contribution is -0.121. The molecule has 686 valence electrons. The van der Waals surface area contributed by atoms with E-state index in [1.165, 1.54) is 22.3 Å². The van der Waals surface area contributed by atoms with E-state index in [4.69, 9.17) is 0 Å². The number of anilines is 1. The van der Waals surface area contributed by atoms with Gasteiger partial charge in [-0.2, -0.15) is 21.6 Å². The normalized spacial score (nSPS) is 22.8. The molecule has 14 rings (SSSR count). The molecule has 8 unspecified atom stereocenters. The van der Waals surface area contributed by atoms with Crippen LogP contribution in [0.3, 0.4) is 0 Å². The first-order valence-corrected chi connectivity index (χ1v) is 51.2. The third kappa shape index (κ3) is 28.6. The van der Waals surface area contributed by atoms with Crippen molar-refractivity contribution in [3.8, 4) is 0 Å². The van der Waals surface area contributed by atoms with Crippen molar-refractivity contribution in [3.05, 3.63) is 242 Å². The highest BCUT2D eigenvalue weighted by atomic mass is 32.2. The standard InChI is InChI=1S/C14H19NO3S.C13H18N2O3S.2C13H17NO3S.2C13H17NO2S.C12H16N2O3S/c1-14(2,3)12-6-4-10(5-7-12)11-8-13(16)15-19(17,18)9-11;1-13(2,3)10-6-4-9(5-7-10)11-8-12(16)15-19(17,18)14-11;1-13(2,3)10-6-4-9(5-7-10)11-8-12(15)14-18(11,16)17;1-13(2,3)10-6-4-5-9(7-10)11-8-12(15)14-18(11,16)17;1-13(2,3)10-6-4-9(5-7-10)11-8-12(15)14-17(11)16;1-13(2,3)10-6-4-5-9(7-10)11-8-12(15)14-17(11)16;1-12(2,3)9-4-6-10(7-5-9)14-8-11(15)13-18(14,16)17/h4-7,11H,8-9H2,1-3H3,(H,15,16);4-7,11,14H,8H2,1-3H3,(H,15,16);2*4-7,11H,8H2,1-3H3,(H,14,15);2*4-7,11H,8H2,1-3H3,(H,14,15);4-7H,8H2,1-3H3,(H,13,15). The zero-order valence-corrected chi connectivity index (χ0v) is 81.1. The summed E-state index contributed by atoms with van der Waals surface area (Å²) in [4.78, 5) is 78.7. The van der Waals surface area contributed by atoms with Gasteiger partial charge in [-0.3, -0.25) is 57.2 Å². The molecular formula is C91H121N9O19S7. The van der Waals surface area contributed by atoms with Gasteiger partial charge in [-0.15, -0.1) is 0 Å². The Bertz CT molecular complexity index is 5630. The average molecular weight is 1870 g/mol. The molecule has 7 amide bonds. The summed E-state index contributed by atoms with van der Waals surface area (Å²) in [6.45, 7) is 44.2. The molecule has 7 heterocycles. The first kappa shape index (κ1) is 102. The molecule has 28 nitrogen and oxygen atoms in total. The summed E-state index contributed by atoms with van der Waals surface area (Å²) >= 11 is 0. The zero-order valence-electron chi connectivity index (χ0n) is 75.3. The number of sulfonamides is 3. The van der Waals surface area contributed by atoms with Gasteiger partial charge in [0, 0.05) is 31.6 Å². The topological polar surface area (TPSA) is 424 Å². The quantitative estimate of drug-likeness (QED) is 0.0735. The van der Waals surface area contributed by atoms with Gasteiger partial charge in [-0.25, -0.2) is 47.4 Å². The fourth-order valence-corrected chi connectivity index (χ4v) is 22.7. The minimum atomic E-state index is -3.72. The van der Waals surface area contributed by atoms with Crippen LogP contribution in [0.15, 0.2) is 170 Å². The summed E-state index contributed by atoms with van der Waals surface area (Å²) in [5.74, 6) is -2.79. The average Bonchev–Trinajstić information content (AvgIpc) is 1.26. The number of hydrogen-bond donors (Lipinski definition) is 8. The molecular weight excluding hydrogens is 1750 g/mol. The lowest BCUT2D eigenvalue weighted by Gasteiger charge is -2.25. The second-order valence-electron chi connectivity index (χ2n) is 39.2. The summed E-state index contributed by atoms with van der Waals surface area (Å²) in [5, 5.41) is -1.91. The SMILES string of the molecule is CC(C)(C)c1ccc(C2CC(=O)NS(=O)(=O)C2)cc1.CC(C)(C)c1ccc(C2CC(=O)NS(=O)(=O)N2)cc1.CC(C)(C)c1ccc(C2CC(=O)NS2(=O)=O)cc1.CC(C)(C)c1ccc(C2CC(=O)NS2=O)cc1.CC(C)(C)c1ccc(N2CC(=O)NS2(=O)=O)cc1.CC(C)(C)c1cccc(C2CC(=O)NS2(=O)=O)c1.CC(C)(C)c1cccc(C2CC(=O)NS2=O)c1. The molecule has 0 saturated carbocycles. The van der Waals surface area contributed by atoms with E-state index >= 15 is 0 Å². The van der Waals surface area contributed by atoms with Crippen LogP contribution in [0.5, 0.6) is 0 Å². The summed E-state index contributed by atoms with van der Waals surface area (Å²) in [5.41, 5.74) is 13.9. The third-order valence-corrected chi connectivity index (χ3v) is 31.6. The number of carbonyl (C=O) groups excluding carboxylic acids is 7. The van der Waals surface area contributed by atoms with Crippen LogP contribution < -0.4 is 42.1 Å². The molecule has 0 spiro atoms. The highest BCUT2D eigenvalue weighted by Crippen LogP contribution is 2.38. The van der Waals surface area contributed by atoms with Gasteiger partial charge in [0.25, 0.3) is 5.91 Å².